The minimum atomic E-state index is -0.642. The summed E-state index contributed by atoms with van der Waals surface area (Å²) in [6.07, 6.45) is 0.261. The van der Waals surface area contributed by atoms with E-state index in [4.69, 9.17) is 0 Å². The van der Waals surface area contributed by atoms with E-state index in [2.05, 4.69) is 5.32 Å². The van der Waals surface area contributed by atoms with Gasteiger partial charge in [0.25, 0.3) is 5.91 Å². The molecule has 0 aliphatic carbocycles. The molecule has 23 heavy (non-hydrogen) atoms. The highest BCUT2D eigenvalue weighted by Crippen LogP contribution is 2.18. The third-order valence-corrected chi connectivity index (χ3v) is 3.31. The van der Waals surface area contributed by atoms with Gasteiger partial charge in [0.1, 0.15) is 5.82 Å². The maximum absolute atomic E-state index is 14.1. The molecule has 0 bridgehead atoms. The normalized spacial score (nSPS) is 12.1. The highest BCUT2D eigenvalue weighted by molar-refractivity contribution is 5.95. The van der Waals surface area contributed by atoms with Crippen LogP contribution in [0.1, 0.15) is 44.0 Å². The molecular formula is C17H25FN2O3. The summed E-state index contributed by atoms with van der Waals surface area (Å²) < 4.78 is 14.1. The number of amides is 2. The molecule has 128 valence electrons. The van der Waals surface area contributed by atoms with Gasteiger partial charge in [-0.3, -0.25) is 9.59 Å². The zero-order chi connectivity index (χ0) is 17.6. The first-order valence-corrected chi connectivity index (χ1v) is 7.73. The largest absolute Gasteiger partial charge is 0.393 e. The minimum Gasteiger partial charge on any atom is -0.393 e. The number of anilines is 1. The monoisotopic (exact) mass is 324 g/mol. The Bertz CT molecular complexity index is 559. The van der Waals surface area contributed by atoms with E-state index in [-0.39, 0.29) is 29.0 Å². The molecule has 0 aliphatic rings. The summed E-state index contributed by atoms with van der Waals surface area (Å²) >= 11 is 0. The molecule has 0 fully saturated rings. The van der Waals surface area contributed by atoms with E-state index >= 15 is 0 Å². The van der Waals surface area contributed by atoms with Crippen molar-refractivity contribution in [3.8, 4) is 0 Å². The molecule has 1 aromatic rings. The second-order valence-corrected chi connectivity index (χ2v) is 6.21. The van der Waals surface area contributed by atoms with Crippen molar-refractivity contribution >= 4 is 17.5 Å². The molecule has 6 heteroatoms. The Morgan fingerprint density at radius 2 is 1.96 bits per heavy atom. The van der Waals surface area contributed by atoms with E-state index in [0.717, 1.165) is 6.07 Å². The van der Waals surface area contributed by atoms with Crippen molar-refractivity contribution < 1.29 is 19.1 Å². The van der Waals surface area contributed by atoms with Crippen LogP contribution in [0.2, 0.25) is 0 Å². The summed E-state index contributed by atoms with van der Waals surface area (Å²) in [5.41, 5.74) is 0.274. The fourth-order valence-corrected chi connectivity index (χ4v) is 2.02. The van der Waals surface area contributed by atoms with Crippen LogP contribution in [0.4, 0.5) is 10.1 Å². The molecule has 1 aromatic carbocycles. The predicted molar refractivity (Wildman–Crippen MR) is 87.7 cm³/mol. The standard InChI is InChI=1S/C17H25FN2O3/c1-11(2)9-16(22)19-15-6-5-13(10-14(15)18)17(23)20(4)8-7-12(3)21/h5-6,10-12,21H,7-9H2,1-4H3,(H,19,22). The molecule has 0 saturated heterocycles. The van der Waals surface area contributed by atoms with Crippen LogP contribution in [0.5, 0.6) is 0 Å². The van der Waals surface area contributed by atoms with Crippen LogP contribution in [-0.2, 0) is 4.79 Å². The number of nitrogens with zero attached hydrogens (tertiary/aromatic N) is 1. The summed E-state index contributed by atoms with van der Waals surface area (Å²) in [6.45, 7) is 5.83. The average Bonchev–Trinajstić information content (AvgIpc) is 2.45. The van der Waals surface area contributed by atoms with E-state index < -0.39 is 11.9 Å². The van der Waals surface area contributed by atoms with Gasteiger partial charge in [0.15, 0.2) is 0 Å². The number of halogens is 1. The van der Waals surface area contributed by atoms with Crippen LogP contribution in [0.25, 0.3) is 0 Å². The first-order valence-electron chi connectivity index (χ1n) is 7.73. The zero-order valence-electron chi connectivity index (χ0n) is 14.1. The van der Waals surface area contributed by atoms with Gasteiger partial charge in [0.05, 0.1) is 11.8 Å². The second kappa shape index (κ2) is 8.62. The van der Waals surface area contributed by atoms with Crippen LogP contribution < -0.4 is 5.32 Å². The maximum Gasteiger partial charge on any atom is 0.253 e. The highest BCUT2D eigenvalue weighted by atomic mass is 19.1. The number of rotatable bonds is 7. The molecule has 1 rings (SSSR count). The van der Waals surface area contributed by atoms with Crippen molar-refractivity contribution in [3.05, 3.63) is 29.6 Å². The lowest BCUT2D eigenvalue weighted by Crippen LogP contribution is -2.29. The lowest BCUT2D eigenvalue weighted by molar-refractivity contribution is -0.116. The van der Waals surface area contributed by atoms with E-state index in [1.54, 1.807) is 14.0 Å². The van der Waals surface area contributed by atoms with E-state index in [9.17, 15) is 19.1 Å². The number of benzene rings is 1. The number of aliphatic hydroxyl groups excluding tert-OH is 1. The van der Waals surface area contributed by atoms with Crippen molar-refractivity contribution in [3.63, 3.8) is 0 Å². The Morgan fingerprint density at radius 1 is 1.30 bits per heavy atom. The topological polar surface area (TPSA) is 69.6 Å². The Morgan fingerprint density at radius 3 is 2.48 bits per heavy atom. The van der Waals surface area contributed by atoms with Gasteiger partial charge < -0.3 is 15.3 Å². The van der Waals surface area contributed by atoms with E-state index in [0.29, 0.717) is 19.4 Å². The second-order valence-electron chi connectivity index (χ2n) is 6.21. The van der Waals surface area contributed by atoms with Crippen molar-refractivity contribution in [2.75, 3.05) is 18.9 Å². The molecule has 1 unspecified atom stereocenters. The SMILES string of the molecule is CC(C)CC(=O)Nc1ccc(C(=O)N(C)CCC(C)O)cc1F. The number of aliphatic hydroxyl groups is 1. The van der Waals surface area contributed by atoms with Gasteiger partial charge in [-0.2, -0.15) is 0 Å². The average molecular weight is 324 g/mol. The number of nitrogens with one attached hydrogen (secondary N) is 1. The Hall–Kier alpha value is -1.95. The molecule has 0 radical (unpaired) electrons. The molecule has 5 nitrogen and oxygen atoms in total. The van der Waals surface area contributed by atoms with Crippen LogP contribution >= 0.6 is 0 Å². The van der Waals surface area contributed by atoms with Crippen LogP contribution in [0.3, 0.4) is 0 Å². The number of carbonyl (C=O) groups is 2. The summed E-state index contributed by atoms with van der Waals surface area (Å²) in [5.74, 6) is -1.05. The zero-order valence-corrected chi connectivity index (χ0v) is 14.1. The van der Waals surface area contributed by atoms with Gasteiger partial charge in [-0.05, 0) is 37.5 Å². The molecule has 2 N–H and O–H groups in total. The third kappa shape index (κ3) is 6.36. The van der Waals surface area contributed by atoms with Crippen LogP contribution in [0, 0.1) is 11.7 Å². The Labute approximate surface area is 136 Å². The predicted octanol–water partition coefficient (Wildman–Crippen LogP) is 2.65. The van der Waals surface area contributed by atoms with Gasteiger partial charge in [-0.1, -0.05) is 13.8 Å². The van der Waals surface area contributed by atoms with E-state index in [1.165, 1.54) is 17.0 Å². The molecule has 1 atom stereocenters. The van der Waals surface area contributed by atoms with Gasteiger partial charge in [0.2, 0.25) is 5.91 Å². The fourth-order valence-electron chi connectivity index (χ4n) is 2.02. The third-order valence-electron chi connectivity index (χ3n) is 3.31. The van der Waals surface area contributed by atoms with Crippen LogP contribution in [0.15, 0.2) is 18.2 Å². The minimum absolute atomic E-state index is 0.0684. The fraction of sp³-hybridized carbons (Fsp3) is 0.529. The van der Waals surface area contributed by atoms with E-state index in [1.807, 2.05) is 13.8 Å². The van der Waals surface area contributed by atoms with Crippen molar-refractivity contribution in [1.82, 2.24) is 4.90 Å². The molecule has 0 heterocycles. The summed E-state index contributed by atoms with van der Waals surface area (Å²) in [7, 11) is 1.60. The van der Waals surface area contributed by atoms with Crippen molar-refractivity contribution in [2.24, 2.45) is 5.92 Å². The van der Waals surface area contributed by atoms with Crippen molar-refractivity contribution in [1.29, 1.82) is 0 Å². The van der Waals surface area contributed by atoms with Gasteiger partial charge in [-0.15, -0.1) is 0 Å². The van der Waals surface area contributed by atoms with Crippen LogP contribution in [-0.4, -0.2) is 41.5 Å². The smallest absolute Gasteiger partial charge is 0.253 e. The molecule has 2 amide bonds. The lowest BCUT2D eigenvalue weighted by Gasteiger charge is -2.18. The molecule has 0 aromatic heterocycles. The first kappa shape index (κ1) is 19.1. The number of carbonyl (C=O) groups excluding carboxylic acids is 2. The summed E-state index contributed by atoms with van der Waals surface area (Å²) in [4.78, 5) is 25.3. The highest BCUT2D eigenvalue weighted by Gasteiger charge is 2.15. The van der Waals surface area contributed by atoms with Gasteiger partial charge >= 0.3 is 0 Å². The van der Waals surface area contributed by atoms with Gasteiger partial charge in [0, 0.05) is 25.6 Å². The Balaban J connectivity index is 2.75. The summed E-state index contributed by atoms with van der Waals surface area (Å²) in [5, 5.41) is 11.7. The molecule has 0 spiro atoms. The molecule has 0 saturated carbocycles. The maximum atomic E-state index is 14.1. The quantitative estimate of drug-likeness (QED) is 0.810. The summed E-state index contributed by atoms with van der Waals surface area (Å²) in [6, 6.07) is 3.99. The lowest BCUT2D eigenvalue weighted by atomic mass is 10.1. The first-order chi connectivity index (χ1) is 10.7. The molecule has 0 aliphatic heterocycles. The van der Waals surface area contributed by atoms with Crippen molar-refractivity contribution in [2.45, 2.75) is 39.7 Å². The van der Waals surface area contributed by atoms with Gasteiger partial charge in [-0.25, -0.2) is 4.39 Å². The molecular weight excluding hydrogens is 299 g/mol. The number of hydrogen-bond acceptors (Lipinski definition) is 3. The number of hydrogen-bond donors (Lipinski definition) is 2. The Kier molecular flexibility index (Phi) is 7.16.